The van der Waals surface area contributed by atoms with Gasteiger partial charge in [0, 0.05) is 6.42 Å². The molecule has 0 amide bonds. The molecule has 1 heterocycles. The van der Waals surface area contributed by atoms with E-state index in [1.165, 1.54) is 14.2 Å². The molecule has 0 bridgehead atoms. The lowest BCUT2D eigenvalue weighted by Crippen LogP contribution is -2.21. The number of hydrazone groups is 1. The number of para-hydroxylation sites is 1. The molecule has 152 valence electrons. The first-order chi connectivity index (χ1) is 14.6. The highest BCUT2D eigenvalue weighted by Gasteiger charge is 2.34. The zero-order chi connectivity index (χ0) is 21.1. The van der Waals surface area contributed by atoms with Crippen molar-refractivity contribution in [1.82, 2.24) is 0 Å². The van der Waals surface area contributed by atoms with Crippen LogP contribution in [0.15, 0.2) is 77.9 Å². The summed E-state index contributed by atoms with van der Waals surface area (Å²) in [5, 5.41) is 16.8. The second kappa shape index (κ2) is 8.29. The molecule has 0 aromatic heterocycles. The van der Waals surface area contributed by atoms with Crippen LogP contribution in [0, 0.1) is 0 Å². The molecule has 0 saturated carbocycles. The van der Waals surface area contributed by atoms with E-state index in [0.29, 0.717) is 17.7 Å². The third kappa shape index (κ3) is 3.48. The van der Waals surface area contributed by atoms with Crippen LogP contribution in [0.2, 0.25) is 0 Å². The van der Waals surface area contributed by atoms with Crippen molar-refractivity contribution in [3.63, 3.8) is 0 Å². The Morgan fingerprint density at radius 2 is 1.63 bits per heavy atom. The van der Waals surface area contributed by atoms with E-state index in [1.54, 1.807) is 12.1 Å². The summed E-state index contributed by atoms with van der Waals surface area (Å²) in [5.74, 6) is -0.474. The third-order valence-corrected chi connectivity index (χ3v) is 5.19. The molecule has 0 unspecified atom stereocenters. The van der Waals surface area contributed by atoms with Crippen LogP contribution in [0.4, 0.5) is 5.69 Å². The standard InChI is InChI=1S/C24H22N2O4/c1-29-21-14-13-18(22(24(27)28)23(21)30-2)20-15-19(16-9-5-3-6-10-16)25-26(20)17-11-7-4-8-12-17/h3-14,20H,15H2,1-2H3,(H,27,28)/t20-/m1/s1. The van der Waals surface area contributed by atoms with Crippen molar-refractivity contribution in [3.8, 4) is 11.5 Å². The van der Waals surface area contributed by atoms with Gasteiger partial charge in [-0.15, -0.1) is 0 Å². The molecule has 3 aromatic carbocycles. The van der Waals surface area contributed by atoms with Crippen molar-refractivity contribution in [1.29, 1.82) is 0 Å². The van der Waals surface area contributed by atoms with Crippen LogP contribution in [0.5, 0.6) is 11.5 Å². The molecule has 1 aliphatic rings. The normalized spacial score (nSPS) is 15.6. The molecular weight excluding hydrogens is 380 g/mol. The average Bonchev–Trinajstić information content (AvgIpc) is 3.24. The van der Waals surface area contributed by atoms with Crippen LogP contribution >= 0.6 is 0 Å². The minimum atomic E-state index is -1.07. The fourth-order valence-corrected chi connectivity index (χ4v) is 3.82. The molecule has 30 heavy (non-hydrogen) atoms. The zero-order valence-electron chi connectivity index (χ0n) is 16.8. The SMILES string of the molecule is COc1ccc([C@H]2CC(c3ccccc3)=NN2c2ccccc2)c(C(=O)O)c1OC. The first-order valence-electron chi connectivity index (χ1n) is 9.59. The maximum atomic E-state index is 12.2. The number of rotatable bonds is 6. The monoisotopic (exact) mass is 402 g/mol. The van der Waals surface area contributed by atoms with Crippen molar-refractivity contribution in [2.75, 3.05) is 19.2 Å². The van der Waals surface area contributed by atoms with Crippen LogP contribution < -0.4 is 14.5 Å². The highest BCUT2D eigenvalue weighted by Crippen LogP contribution is 2.42. The topological polar surface area (TPSA) is 71.4 Å². The Kier molecular flexibility index (Phi) is 5.39. The molecule has 0 spiro atoms. The van der Waals surface area contributed by atoms with E-state index in [0.717, 1.165) is 17.0 Å². The summed E-state index contributed by atoms with van der Waals surface area (Å²) >= 11 is 0. The van der Waals surface area contributed by atoms with Crippen LogP contribution in [0.1, 0.15) is 33.9 Å². The molecular formula is C24H22N2O4. The minimum Gasteiger partial charge on any atom is -0.493 e. The average molecular weight is 402 g/mol. The number of carboxylic acids is 1. The molecule has 0 fully saturated rings. The van der Waals surface area contributed by atoms with E-state index >= 15 is 0 Å². The lowest BCUT2D eigenvalue weighted by atomic mass is 9.93. The van der Waals surface area contributed by atoms with Crippen molar-refractivity contribution in [3.05, 3.63) is 89.5 Å². The van der Waals surface area contributed by atoms with Gasteiger partial charge in [0.25, 0.3) is 0 Å². The van der Waals surface area contributed by atoms with Crippen molar-refractivity contribution < 1.29 is 19.4 Å². The Bertz CT molecular complexity index is 1080. The number of hydrogen-bond donors (Lipinski definition) is 1. The lowest BCUT2D eigenvalue weighted by Gasteiger charge is -2.26. The molecule has 0 radical (unpaired) electrons. The van der Waals surface area contributed by atoms with Crippen molar-refractivity contribution in [2.45, 2.75) is 12.5 Å². The van der Waals surface area contributed by atoms with Crippen LogP contribution in [0.25, 0.3) is 0 Å². The molecule has 1 atom stereocenters. The van der Waals surface area contributed by atoms with Gasteiger partial charge in [-0.1, -0.05) is 54.6 Å². The van der Waals surface area contributed by atoms with Gasteiger partial charge in [0.1, 0.15) is 5.56 Å². The first kappa shape index (κ1) is 19.5. The van der Waals surface area contributed by atoms with E-state index < -0.39 is 5.97 Å². The van der Waals surface area contributed by atoms with E-state index in [1.807, 2.05) is 65.7 Å². The Labute approximate surface area is 175 Å². The van der Waals surface area contributed by atoms with Crippen LogP contribution in [-0.2, 0) is 0 Å². The maximum absolute atomic E-state index is 12.2. The number of benzene rings is 3. The Balaban J connectivity index is 1.86. The van der Waals surface area contributed by atoms with E-state index in [9.17, 15) is 9.90 Å². The molecule has 6 nitrogen and oxygen atoms in total. The number of carbonyl (C=O) groups is 1. The van der Waals surface area contributed by atoms with Gasteiger partial charge in [-0.2, -0.15) is 5.10 Å². The Hall–Kier alpha value is -3.80. The minimum absolute atomic E-state index is 0.0901. The quantitative estimate of drug-likeness (QED) is 0.644. The van der Waals surface area contributed by atoms with Gasteiger partial charge in [-0.3, -0.25) is 5.01 Å². The predicted molar refractivity (Wildman–Crippen MR) is 116 cm³/mol. The summed E-state index contributed by atoms with van der Waals surface area (Å²) in [6.07, 6.45) is 0.564. The lowest BCUT2D eigenvalue weighted by molar-refractivity contribution is 0.0690. The Morgan fingerprint density at radius 3 is 2.23 bits per heavy atom. The summed E-state index contributed by atoms with van der Waals surface area (Å²) < 4.78 is 10.7. The number of nitrogens with zero attached hydrogens (tertiary/aromatic N) is 2. The molecule has 6 heteroatoms. The van der Waals surface area contributed by atoms with Crippen molar-refractivity contribution >= 4 is 17.4 Å². The fourth-order valence-electron chi connectivity index (χ4n) is 3.82. The number of aromatic carboxylic acids is 1. The van der Waals surface area contributed by atoms with Crippen molar-refractivity contribution in [2.24, 2.45) is 5.10 Å². The first-order valence-corrected chi connectivity index (χ1v) is 9.59. The molecule has 3 aromatic rings. The smallest absolute Gasteiger partial charge is 0.339 e. The predicted octanol–water partition coefficient (Wildman–Crippen LogP) is 4.76. The maximum Gasteiger partial charge on any atom is 0.339 e. The molecule has 1 N–H and O–H groups in total. The molecule has 1 aliphatic heterocycles. The molecule has 4 rings (SSSR count). The Morgan fingerprint density at radius 1 is 0.967 bits per heavy atom. The number of hydrogen-bond acceptors (Lipinski definition) is 5. The third-order valence-electron chi connectivity index (χ3n) is 5.19. The van der Waals surface area contributed by atoms with E-state index in [2.05, 4.69) is 0 Å². The second-order valence-corrected chi connectivity index (χ2v) is 6.88. The number of methoxy groups -OCH3 is 2. The van der Waals surface area contributed by atoms with Crippen LogP contribution in [-0.4, -0.2) is 31.0 Å². The summed E-state index contributed by atoms with van der Waals surface area (Å²) in [4.78, 5) is 12.2. The zero-order valence-corrected chi connectivity index (χ0v) is 16.8. The number of carboxylic acid groups (broad SMARTS) is 1. The van der Waals surface area contributed by atoms with Gasteiger partial charge in [-0.25, -0.2) is 4.79 Å². The highest BCUT2D eigenvalue weighted by atomic mass is 16.5. The molecule has 0 aliphatic carbocycles. The van der Waals surface area contributed by atoms with Gasteiger partial charge in [-0.05, 0) is 29.3 Å². The summed E-state index contributed by atoms with van der Waals surface area (Å²) in [7, 11) is 2.94. The van der Waals surface area contributed by atoms with E-state index in [4.69, 9.17) is 14.6 Å². The molecule has 0 saturated heterocycles. The van der Waals surface area contributed by atoms with Gasteiger partial charge in [0.2, 0.25) is 0 Å². The summed E-state index contributed by atoms with van der Waals surface area (Å²) in [5.41, 5.74) is 3.51. The highest BCUT2D eigenvalue weighted by molar-refractivity contribution is 6.04. The summed E-state index contributed by atoms with van der Waals surface area (Å²) in [6, 6.07) is 22.9. The number of ether oxygens (including phenoxy) is 2. The largest absolute Gasteiger partial charge is 0.493 e. The van der Waals surface area contributed by atoms with Crippen LogP contribution in [0.3, 0.4) is 0 Å². The number of anilines is 1. The van der Waals surface area contributed by atoms with Gasteiger partial charge < -0.3 is 14.6 Å². The summed E-state index contributed by atoms with van der Waals surface area (Å²) in [6.45, 7) is 0. The fraction of sp³-hybridized carbons (Fsp3) is 0.167. The van der Waals surface area contributed by atoms with E-state index in [-0.39, 0.29) is 17.4 Å². The van der Waals surface area contributed by atoms with Gasteiger partial charge in [0.05, 0.1) is 31.7 Å². The second-order valence-electron chi connectivity index (χ2n) is 6.88. The van der Waals surface area contributed by atoms with Gasteiger partial charge >= 0.3 is 5.97 Å². The van der Waals surface area contributed by atoms with Gasteiger partial charge in [0.15, 0.2) is 11.5 Å².